The smallest absolute Gasteiger partial charge is 0.271 e. The molecule has 1 aliphatic carbocycles. The number of aromatic amines is 1. The second kappa shape index (κ2) is 3.77. The molecule has 82 valence electrons. The minimum atomic E-state index is -1.31. The Kier molecular flexibility index (Phi) is 2.44. The van der Waals surface area contributed by atoms with Crippen molar-refractivity contribution in [2.75, 3.05) is 0 Å². The molecule has 5 nitrogen and oxygen atoms in total. The van der Waals surface area contributed by atoms with Gasteiger partial charge in [0.25, 0.3) is 5.54 Å². The van der Waals surface area contributed by atoms with Gasteiger partial charge in [-0.15, -0.1) is 0 Å². The van der Waals surface area contributed by atoms with Gasteiger partial charge in [-0.25, -0.2) is 0 Å². The lowest BCUT2D eigenvalue weighted by Crippen LogP contribution is -2.34. The molecule has 1 atom stereocenters. The molecule has 0 aromatic carbocycles. The second-order valence-electron chi connectivity index (χ2n) is 3.60. The van der Waals surface area contributed by atoms with Crippen LogP contribution in [0.5, 0.6) is 0 Å². The van der Waals surface area contributed by atoms with Crippen LogP contribution in [0.25, 0.3) is 0 Å². The zero-order valence-electron chi connectivity index (χ0n) is 8.42. The molecule has 1 aliphatic rings. The molecule has 0 spiro atoms. The fourth-order valence-corrected chi connectivity index (χ4v) is 1.90. The molecule has 0 fully saturated rings. The van der Waals surface area contributed by atoms with E-state index in [2.05, 4.69) is 4.98 Å². The van der Waals surface area contributed by atoms with Crippen LogP contribution in [0.2, 0.25) is 0 Å². The van der Waals surface area contributed by atoms with E-state index in [1.165, 1.54) is 12.3 Å². The molecule has 0 aliphatic heterocycles. The number of aldehydes is 1. The van der Waals surface area contributed by atoms with E-state index >= 15 is 0 Å². The number of nitrogens with zero attached hydrogens (tertiary/aromatic N) is 1. The molecule has 2 rings (SSSR count). The van der Waals surface area contributed by atoms with E-state index in [1.54, 1.807) is 24.3 Å². The van der Waals surface area contributed by atoms with Crippen LogP contribution in [0.1, 0.15) is 22.5 Å². The summed E-state index contributed by atoms with van der Waals surface area (Å²) in [5.74, 6) is 0. The summed E-state index contributed by atoms with van der Waals surface area (Å²) in [7, 11) is 0. The van der Waals surface area contributed by atoms with E-state index in [9.17, 15) is 14.9 Å². The normalized spacial score (nSPS) is 23.2. The Labute approximate surface area is 91.6 Å². The number of H-pyrrole nitrogens is 1. The molecule has 1 aromatic heterocycles. The first-order chi connectivity index (χ1) is 7.70. The highest BCUT2D eigenvalue weighted by molar-refractivity contribution is 5.75. The average Bonchev–Trinajstić information content (AvgIpc) is 2.78. The topological polar surface area (TPSA) is 76.0 Å². The third-order valence-electron chi connectivity index (χ3n) is 2.74. The van der Waals surface area contributed by atoms with Crippen molar-refractivity contribution in [2.24, 2.45) is 0 Å². The summed E-state index contributed by atoms with van der Waals surface area (Å²) < 4.78 is 0. The van der Waals surface area contributed by atoms with Crippen LogP contribution in [-0.2, 0) is 5.54 Å². The van der Waals surface area contributed by atoms with E-state index in [-0.39, 0.29) is 17.0 Å². The van der Waals surface area contributed by atoms with Crippen molar-refractivity contribution < 1.29 is 9.72 Å². The van der Waals surface area contributed by atoms with E-state index < -0.39 is 5.54 Å². The molecule has 16 heavy (non-hydrogen) atoms. The van der Waals surface area contributed by atoms with Crippen LogP contribution in [0.15, 0.2) is 36.6 Å². The lowest BCUT2D eigenvalue weighted by atomic mass is 9.84. The summed E-state index contributed by atoms with van der Waals surface area (Å²) >= 11 is 0. The third kappa shape index (κ3) is 1.37. The van der Waals surface area contributed by atoms with Gasteiger partial charge in [0.2, 0.25) is 0 Å². The Balaban J connectivity index is 2.56. The van der Waals surface area contributed by atoms with Gasteiger partial charge in [-0.3, -0.25) is 14.9 Å². The van der Waals surface area contributed by atoms with E-state index in [4.69, 9.17) is 0 Å². The van der Waals surface area contributed by atoms with Crippen LogP contribution in [-0.4, -0.2) is 16.2 Å². The van der Waals surface area contributed by atoms with Gasteiger partial charge in [-0.05, 0) is 12.1 Å². The zero-order valence-corrected chi connectivity index (χ0v) is 8.42. The fraction of sp³-hybridized carbons (Fsp3) is 0.182. The maximum absolute atomic E-state index is 11.2. The molecule has 1 heterocycles. The number of nitrogens with one attached hydrogen (secondary N) is 1. The van der Waals surface area contributed by atoms with Crippen LogP contribution >= 0.6 is 0 Å². The van der Waals surface area contributed by atoms with Crippen LogP contribution in [0.3, 0.4) is 0 Å². The van der Waals surface area contributed by atoms with E-state index in [1.807, 2.05) is 0 Å². The monoisotopic (exact) mass is 218 g/mol. The van der Waals surface area contributed by atoms with Crippen molar-refractivity contribution in [3.63, 3.8) is 0 Å². The number of allylic oxidation sites excluding steroid dienone is 2. The highest BCUT2D eigenvalue weighted by Crippen LogP contribution is 2.34. The Morgan fingerprint density at radius 1 is 1.50 bits per heavy atom. The van der Waals surface area contributed by atoms with Crippen molar-refractivity contribution in [1.29, 1.82) is 0 Å². The highest BCUT2D eigenvalue weighted by Gasteiger charge is 2.44. The van der Waals surface area contributed by atoms with Crippen molar-refractivity contribution in [3.8, 4) is 0 Å². The predicted molar refractivity (Wildman–Crippen MR) is 57.7 cm³/mol. The molecule has 0 saturated heterocycles. The number of nitro groups is 1. The molecular formula is C11H10N2O3. The number of carbonyl (C=O) groups is 1. The minimum absolute atomic E-state index is 0.259. The van der Waals surface area contributed by atoms with Crippen molar-refractivity contribution in [3.05, 3.63) is 57.9 Å². The zero-order chi connectivity index (χ0) is 11.6. The molecule has 0 bridgehead atoms. The second-order valence-corrected chi connectivity index (χ2v) is 3.60. The van der Waals surface area contributed by atoms with Crippen molar-refractivity contribution in [1.82, 2.24) is 4.98 Å². The number of rotatable bonds is 3. The van der Waals surface area contributed by atoms with Crippen LogP contribution in [0.4, 0.5) is 0 Å². The summed E-state index contributed by atoms with van der Waals surface area (Å²) in [4.78, 5) is 24.4. The quantitative estimate of drug-likeness (QED) is 0.477. The van der Waals surface area contributed by atoms with Gasteiger partial charge in [0.1, 0.15) is 0 Å². The minimum Gasteiger partial charge on any atom is -0.359 e. The summed E-state index contributed by atoms with van der Waals surface area (Å²) in [6, 6.07) is 1.58. The largest absolute Gasteiger partial charge is 0.359 e. The van der Waals surface area contributed by atoms with Gasteiger partial charge in [0, 0.05) is 17.5 Å². The lowest BCUT2D eigenvalue weighted by molar-refractivity contribution is -0.563. The molecule has 1 aromatic rings. The summed E-state index contributed by atoms with van der Waals surface area (Å²) in [5, 5.41) is 11.2. The molecule has 0 amide bonds. The van der Waals surface area contributed by atoms with Gasteiger partial charge in [0.05, 0.1) is 11.3 Å². The number of carbonyl (C=O) groups excluding carboxylic acids is 1. The fourth-order valence-electron chi connectivity index (χ4n) is 1.90. The van der Waals surface area contributed by atoms with E-state index in [0.717, 1.165) is 0 Å². The molecule has 1 unspecified atom stereocenters. The number of aromatic nitrogens is 1. The van der Waals surface area contributed by atoms with Crippen molar-refractivity contribution >= 4 is 6.29 Å². The van der Waals surface area contributed by atoms with Crippen LogP contribution < -0.4 is 0 Å². The summed E-state index contributed by atoms with van der Waals surface area (Å²) in [6.07, 6.45) is 9.04. The van der Waals surface area contributed by atoms with Crippen molar-refractivity contribution in [2.45, 2.75) is 12.0 Å². The number of hydrogen-bond donors (Lipinski definition) is 1. The Bertz CT molecular complexity index is 487. The summed E-state index contributed by atoms with van der Waals surface area (Å²) in [6.45, 7) is 0. The Morgan fingerprint density at radius 2 is 2.31 bits per heavy atom. The SMILES string of the molecule is O=Cc1[nH]ccc1C1([N+](=O)[O-])C=CC=CC1. The molecule has 0 saturated carbocycles. The predicted octanol–water partition coefficient (Wildman–Crippen LogP) is 1.82. The first kappa shape index (κ1) is 10.4. The average molecular weight is 218 g/mol. The number of hydrogen-bond acceptors (Lipinski definition) is 3. The molecule has 1 N–H and O–H groups in total. The third-order valence-corrected chi connectivity index (χ3v) is 2.74. The Morgan fingerprint density at radius 3 is 2.88 bits per heavy atom. The lowest BCUT2D eigenvalue weighted by Gasteiger charge is -2.22. The maximum atomic E-state index is 11.2. The molecule has 0 radical (unpaired) electrons. The van der Waals surface area contributed by atoms with Gasteiger partial charge in [-0.2, -0.15) is 0 Å². The Hall–Kier alpha value is -2.17. The first-order valence-electron chi connectivity index (χ1n) is 4.82. The highest BCUT2D eigenvalue weighted by atomic mass is 16.6. The van der Waals surface area contributed by atoms with Gasteiger partial charge < -0.3 is 4.98 Å². The van der Waals surface area contributed by atoms with Crippen LogP contribution in [0, 0.1) is 10.1 Å². The maximum Gasteiger partial charge on any atom is 0.271 e. The molecular weight excluding hydrogens is 208 g/mol. The molecule has 5 heteroatoms. The van der Waals surface area contributed by atoms with Gasteiger partial charge in [-0.1, -0.05) is 18.2 Å². The van der Waals surface area contributed by atoms with Gasteiger partial charge in [0.15, 0.2) is 6.29 Å². The summed E-state index contributed by atoms with van der Waals surface area (Å²) in [5.41, 5.74) is -0.643. The standard InChI is InChI=1S/C11H10N2O3/c14-8-10-9(4-7-12-10)11(13(15)16)5-2-1-3-6-11/h1-5,7-8,12H,6H2. The first-order valence-corrected chi connectivity index (χ1v) is 4.82. The van der Waals surface area contributed by atoms with E-state index in [0.29, 0.717) is 11.8 Å². The van der Waals surface area contributed by atoms with Gasteiger partial charge >= 0.3 is 0 Å².